The van der Waals surface area contributed by atoms with Crippen LogP contribution in [-0.4, -0.2) is 38.8 Å². The van der Waals surface area contributed by atoms with Crippen molar-refractivity contribution in [3.8, 4) is 11.5 Å². The Morgan fingerprint density at radius 1 is 0.840 bits per heavy atom. The van der Waals surface area contributed by atoms with Gasteiger partial charge in [0.15, 0.2) is 0 Å². The lowest BCUT2D eigenvalue weighted by Crippen LogP contribution is -2.30. The fraction of sp³-hybridized carbons (Fsp3) is 0.455. The molecule has 0 spiro atoms. The molecule has 0 saturated heterocycles. The molecule has 134 valence electrons. The van der Waals surface area contributed by atoms with Crippen molar-refractivity contribution in [2.75, 3.05) is 33.9 Å². The molecule has 0 unspecified atom stereocenters. The van der Waals surface area contributed by atoms with E-state index in [0.717, 1.165) is 43.3 Å². The SMILES string of the molecule is COc1cccc(CCN(CCc2cccc(OC)c2)CC2CC2)c1. The van der Waals surface area contributed by atoms with Crippen LogP contribution < -0.4 is 9.47 Å². The van der Waals surface area contributed by atoms with Crippen molar-refractivity contribution in [3.63, 3.8) is 0 Å². The average Bonchev–Trinajstić information content (AvgIpc) is 3.48. The lowest BCUT2D eigenvalue weighted by Gasteiger charge is -2.22. The molecule has 0 amide bonds. The molecule has 0 aliphatic heterocycles. The summed E-state index contributed by atoms with van der Waals surface area (Å²) in [7, 11) is 3.46. The molecule has 1 aliphatic carbocycles. The second-order valence-corrected chi connectivity index (χ2v) is 6.95. The Bertz CT molecular complexity index is 615. The van der Waals surface area contributed by atoms with Gasteiger partial charge in [-0.25, -0.2) is 0 Å². The number of hydrogen-bond acceptors (Lipinski definition) is 3. The van der Waals surface area contributed by atoms with Crippen LogP contribution >= 0.6 is 0 Å². The molecule has 0 atom stereocenters. The number of ether oxygens (including phenoxy) is 2. The van der Waals surface area contributed by atoms with Crippen LogP contribution in [-0.2, 0) is 12.8 Å². The molecular weight excluding hydrogens is 310 g/mol. The van der Waals surface area contributed by atoms with E-state index in [4.69, 9.17) is 9.47 Å². The van der Waals surface area contributed by atoms with Crippen LogP contribution in [0.15, 0.2) is 48.5 Å². The summed E-state index contributed by atoms with van der Waals surface area (Å²) < 4.78 is 10.7. The minimum atomic E-state index is 0.913. The number of nitrogens with zero attached hydrogens (tertiary/aromatic N) is 1. The van der Waals surface area contributed by atoms with E-state index in [1.54, 1.807) is 14.2 Å². The summed E-state index contributed by atoms with van der Waals surface area (Å²) in [6.45, 7) is 3.44. The first-order valence-electron chi connectivity index (χ1n) is 9.25. The molecule has 1 saturated carbocycles. The van der Waals surface area contributed by atoms with Crippen LogP contribution in [0.5, 0.6) is 11.5 Å². The van der Waals surface area contributed by atoms with Crippen LogP contribution in [0.25, 0.3) is 0 Å². The van der Waals surface area contributed by atoms with E-state index in [2.05, 4.69) is 41.3 Å². The molecule has 3 rings (SSSR count). The van der Waals surface area contributed by atoms with Gasteiger partial charge in [0, 0.05) is 19.6 Å². The van der Waals surface area contributed by atoms with E-state index in [-0.39, 0.29) is 0 Å². The van der Waals surface area contributed by atoms with Gasteiger partial charge in [0.05, 0.1) is 14.2 Å². The average molecular weight is 339 g/mol. The maximum absolute atomic E-state index is 5.34. The Hall–Kier alpha value is -2.00. The van der Waals surface area contributed by atoms with E-state index in [0.29, 0.717) is 0 Å². The summed E-state index contributed by atoms with van der Waals surface area (Å²) >= 11 is 0. The van der Waals surface area contributed by atoms with Gasteiger partial charge in [-0.3, -0.25) is 0 Å². The van der Waals surface area contributed by atoms with Gasteiger partial charge >= 0.3 is 0 Å². The van der Waals surface area contributed by atoms with Gasteiger partial charge in [-0.15, -0.1) is 0 Å². The van der Waals surface area contributed by atoms with E-state index < -0.39 is 0 Å². The minimum Gasteiger partial charge on any atom is -0.497 e. The van der Waals surface area contributed by atoms with Gasteiger partial charge in [0.1, 0.15) is 11.5 Å². The first-order valence-corrected chi connectivity index (χ1v) is 9.25. The predicted octanol–water partition coefficient (Wildman–Crippen LogP) is 4.20. The van der Waals surface area contributed by atoms with Crippen LogP contribution in [0, 0.1) is 5.92 Å². The van der Waals surface area contributed by atoms with E-state index in [9.17, 15) is 0 Å². The third kappa shape index (κ3) is 5.79. The molecule has 0 radical (unpaired) electrons. The van der Waals surface area contributed by atoms with Crippen LogP contribution in [0.1, 0.15) is 24.0 Å². The normalized spacial score (nSPS) is 13.9. The first kappa shape index (κ1) is 17.8. The molecule has 0 N–H and O–H groups in total. The zero-order valence-electron chi connectivity index (χ0n) is 15.4. The molecule has 25 heavy (non-hydrogen) atoms. The highest BCUT2D eigenvalue weighted by molar-refractivity contribution is 5.29. The molecule has 2 aromatic carbocycles. The van der Waals surface area contributed by atoms with Crippen molar-refractivity contribution < 1.29 is 9.47 Å². The standard InChI is InChI=1S/C22H29NO2/c1-24-21-7-3-5-18(15-21)11-13-23(17-20-9-10-20)14-12-19-6-4-8-22(16-19)25-2/h3-8,15-16,20H,9-14,17H2,1-2H3. The monoisotopic (exact) mass is 339 g/mol. The highest BCUT2D eigenvalue weighted by Gasteiger charge is 2.24. The number of methoxy groups -OCH3 is 2. The second-order valence-electron chi connectivity index (χ2n) is 6.95. The third-order valence-corrected chi connectivity index (χ3v) is 4.92. The van der Waals surface area contributed by atoms with Crippen molar-refractivity contribution in [1.82, 2.24) is 4.90 Å². The molecular formula is C22H29NO2. The van der Waals surface area contributed by atoms with Gasteiger partial charge in [-0.1, -0.05) is 24.3 Å². The summed E-state index contributed by atoms with van der Waals surface area (Å²) in [6, 6.07) is 16.9. The lowest BCUT2D eigenvalue weighted by atomic mass is 10.1. The second kappa shape index (κ2) is 8.91. The van der Waals surface area contributed by atoms with E-state index in [1.807, 2.05) is 12.1 Å². The van der Waals surface area contributed by atoms with Crippen LogP contribution in [0.3, 0.4) is 0 Å². The fourth-order valence-corrected chi connectivity index (χ4v) is 3.19. The van der Waals surface area contributed by atoms with Crippen molar-refractivity contribution >= 4 is 0 Å². The summed E-state index contributed by atoms with van der Waals surface area (Å²) in [5.41, 5.74) is 2.70. The zero-order valence-corrected chi connectivity index (χ0v) is 15.4. The first-order chi connectivity index (χ1) is 12.3. The summed E-state index contributed by atoms with van der Waals surface area (Å²) in [4.78, 5) is 2.62. The Kier molecular flexibility index (Phi) is 6.35. The molecule has 3 heteroatoms. The summed E-state index contributed by atoms with van der Waals surface area (Å²) in [5, 5.41) is 0. The van der Waals surface area contributed by atoms with Crippen molar-refractivity contribution in [1.29, 1.82) is 0 Å². The van der Waals surface area contributed by atoms with Crippen molar-refractivity contribution in [3.05, 3.63) is 59.7 Å². The zero-order chi connectivity index (χ0) is 17.5. The molecule has 0 aromatic heterocycles. The third-order valence-electron chi connectivity index (χ3n) is 4.92. The number of hydrogen-bond donors (Lipinski definition) is 0. The topological polar surface area (TPSA) is 21.7 Å². The highest BCUT2D eigenvalue weighted by Crippen LogP contribution is 2.30. The van der Waals surface area contributed by atoms with Crippen LogP contribution in [0.2, 0.25) is 0 Å². The highest BCUT2D eigenvalue weighted by atomic mass is 16.5. The Morgan fingerprint density at radius 3 is 1.80 bits per heavy atom. The van der Waals surface area contributed by atoms with E-state index >= 15 is 0 Å². The smallest absolute Gasteiger partial charge is 0.119 e. The lowest BCUT2D eigenvalue weighted by molar-refractivity contribution is 0.269. The number of rotatable bonds is 10. The maximum atomic E-state index is 5.34. The largest absolute Gasteiger partial charge is 0.497 e. The van der Waals surface area contributed by atoms with Gasteiger partial charge in [0.25, 0.3) is 0 Å². The predicted molar refractivity (Wildman–Crippen MR) is 103 cm³/mol. The minimum absolute atomic E-state index is 0.913. The Morgan fingerprint density at radius 2 is 1.36 bits per heavy atom. The molecule has 0 heterocycles. The van der Waals surface area contributed by atoms with Gasteiger partial charge in [-0.05, 0) is 67.0 Å². The fourth-order valence-electron chi connectivity index (χ4n) is 3.19. The van der Waals surface area contributed by atoms with Gasteiger partial charge < -0.3 is 14.4 Å². The van der Waals surface area contributed by atoms with Gasteiger partial charge in [0.2, 0.25) is 0 Å². The Labute approximate surface area is 151 Å². The molecule has 1 aliphatic rings. The summed E-state index contributed by atoms with van der Waals surface area (Å²) in [6.07, 6.45) is 4.94. The molecule has 0 bridgehead atoms. The van der Waals surface area contributed by atoms with Gasteiger partial charge in [-0.2, -0.15) is 0 Å². The van der Waals surface area contributed by atoms with Crippen molar-refractivity contribution in [2.24, 2.45) is 5.92 Å². The maximum Gasteiger partial charge on any atom is 0.119 e. The summed E-state index contributed by atoms with van der Waals surface area (Å²) in [5.74, 6) is 2.81. The molecule has 3 nitrogen and oxygen atoms in total. The van der Waals surface area contributed by atoms with E-state index in [1.165, 1.54) is 30.5 Å². The van der Waals surface area contributed by atoms with Crippen molar-refractivity contribution in [2.45, 2.75) is 25.7 Å². The molecule has 1 fully saturated rings. The quantitative estimate of drug-likeness (QED) is 0.647. The van der Waals surface area contributed by atoms with Crippen LogP contribution in [0.4, 0.5) is 0 Å². The Balaban J connectivity index is 1.55. The number of benzene rings is 2. The molecule has 2 aromatic rings.